The molecular weight excluding hydrogens is 475 g/mol. The van der Waals surface area contributed by atoms with Gasteiger partial charge in [0, 0.05) is 14.8 Å². The van der Waals surface area contributed by atoms with Crippen molar-refractivity contribution in [3.05, 3.63) is 81.4 Å². The minimum absolute atomic E-state index is 0.123. The number of aromatic nitrogens is 1. The third-order valence-electron chi connectivity index (χ3n) is 5.10. The van der Waals surface area contributed by atoms with E-state index >= 15 is 0 Å². The van der Waals surface area contributed by atoms with E-state index in [1.807, 2.05) is 54.6 Å². The first-order valence-corrected chi connectivity index (χ1v) is 10.7. The van der Waals surface area contributed by atoms with Gasteiger partial charge in [-0.1, -0.05) is 32.0 Å². The molecule has 5 heteroatoms. The van der Waals surface area contributed by atoms with Crippen molar-refractivity contribution in [2.75, 3.05) is 5.32 Å². The number of amides is 1. The number of benzene rings is 3. The van der Waals surface area contributed by atoms with E-state index in [9.17, 15) is 4.79 Å². The average molecular weight is 496 g/mol. The maximum absolute atomic E-state index is 12.5. The van der Waals surface area contributed by atoms with Crippen LogP contribution in [0.4, 0.5) is 5.69 Å². The third kappa shape index (κ3) is 4.19. The zero-order valence-electron chi connectivity index (χ0n) is 16.3. The summed E-state index contributed by atoms with van der Waals surface area (Å²) in [7, 11) is 0. The van der Waals surface area contributed by atoms with Crippen molar-refractivity contribution in [2.45, 2.75) is 26.2 Å². The molecule has 0 aliphatic rings. The average Bonchev–Trinajstić information content (AvgIpc) is 3.17. The standard InChI is InChI=1S/C24H21IN2O2/c1-3-15(2)17-10-13-22-21(14-17)27-24(29-22)16-8-11-18(12-9-16)26-23(28)19-6-4-5-7-20(19)25/h4-15H,3H2,1-2H3,(H,26,28). The minimum Gasteiger partial charge on any atom is -0.436 e. The maximum atomic E-state index is 12.5. The Morgan fingerprint density at radius 2 is 1.86 bits per heavy atom. The van der Waals surface area contributed by atoms with Crippen LogP contribution in [0.3, 0.4) is 0 Å². The number of halogens is 1. The molecule has 0 aliphatic heterocycles. The van der Waals surface area contributed by atoms with Gasteiger partial charge in [-0.25, -0.2) is 4.98 Å². The van der Waals surface area contributed by atoms with Crippen LogP contribution in [0.2, 0.25) is 0 Å². The van der Waals surface area contributed by atoms with Crippen LogP contribution in [-0.2, 0) is 0 Å². The second-order valence-corrected chi connectivity index (χ2v) is 8.23. The summed E-state index contributed by atoms with van der Waals surface area (Å²) < 4.78 is 6.85. The predicted molar refractivity (Wildman–Crippen MR) is 125 cm³/mol. The van der Waals surface area contributed by atoms with Crippen molar-refractivity contribution in [2.24, 2.45) is 0 Å². The van der Waals surface area contributed by atoms with E-state index in [0.717, 1.165) is 32.3 Å². The van der Waals surface area contributed by atoms with Crippen LogP contribution in [0.25, 0.3) is 22.6 Å². The predicted octanol–water partition coefficient (Wildman–Crippen LogP) is 6.87. The molecule has 4 rings (SSSR count). The molecule has 146 valence electrons. The highest BCUT2D eigenvalue weighted by Crippen LogP contribution is 2.28. The number of anilines is 1. The molecule has 1 amide bonds. The van der Waals surface area contributed by atoms with E-state index < -0.39 is 0 Å². The Labute approximate surface area is 183 Å². The van der Waals surface area contributed by atoms with Gasteiger partial charge in [0.15, 0.2) is 5.58 Å². The molecule has 0 fully saturated rings. The number of rotatable bonds is 5. The molecular formula is C24H21IN2O2. The zero-order valence-corrected chi connectivity index (χ0v) is 18.4. The normalized spacial score (nSPS) is 12.1. The fourth-order valence-electron chi connectivity index (χ4n) is 3.15. The Bertz CT molecular complexity index is 1170. The fourth-order valence-corrected chi connectivity index (χ4v) is 3.78. The van der Waals surface area contributed by atoms with Crippen LogP contribution in [0.5, 0.6) is 0 Å². The van der Waals surface area contributed by atoms with Gasteiger partial charge in [-0.05, 0) is 89.0 Å². The third-order valence-corrected chi connectivity index (χ3v) is 6.04. The van der Waals surface area contributed by atoms with Crippen molar-refractivity contribution in [1.82, 2.24) is 4.98 Å². The Morgan fingerprint density at radius 1 is 1.10 bits per heavy atom. The number of hydrogen-bond donors (Lipinski definition) is 1. The number of hydrogen-bond acceptors (Lipinski definition) is 3. The molecule has 3 aromatic carbocycles. The second-order valence-electron chi connectivity index (χ2n) is 7.07. The molecule has 1 atom stereocenters. The summed E-state index contributed by atoms with van der Waals surface area (Å²) in [5, 5.41) is 2.94. The van der Waals surface area contributed by atoms with Gasteiger partial charge < -0.3 is 9.73 Å². The summed E-state index contributed by atoms with van der Waals surface area (Å²) >= 11 is 2.16. The van der Waals surface area contributed by atoms with Gasteiger partial charge in [0.05, 0.1) is 5.56 Å². The van der Waals surface area contributed by atoms with Crippen molar-refractivity contribution in [3.8, 4) is 11.5 Å². The lowest BCUT2D eigenvalue weighted by Gasteiger charge is -2.07. The molecule has 0 bridgehead atoms. The quantitative estimate of drug-likeness (QED) is 0.307. The van der Waals surface area contributed by atoms with Gasteiger partial charge in [-0.3, -0.25) is 4.79 Å². The van der Waals surface area contributed by atoms with Crippen molar-refractivity contribution in [3.63, 3.8) is 0 Å². The molecule has 0 saturated carbocycles. The second kappa shape index (κ2) is 8.37. The molecule has 1 heterocycles. The van der Waals surface area contributed by atoms with Crippen LogP contribution >= 0.6 is 22.6 Å². The van der Waals surface area contributed by atoms with Crippen molar-refractivity contribution >= 4 is 45.3 Å². The van der Waals surface area contributed by atoms with Gasteiger partial charge in [0.25, 0.3) is 5.91 Å². The van der Waals surface area contributed by atoms with E-state index in [4.69, 9.17) is 4.42 Å². The summed E-state index contributed by atoms with van der Waals surface area (Å²) in [6.45, 7) is 4.40. The maximum Gasteiger partial charge on any atom is 0.256 e. The van der Waals surface area contributed by atoms with Crippen LogP contribution in [-0.4, -0.2) is 10.9 Å². The van der Waals surface area contributed by atoms with E-state index in [-0.39, 0.29) is 5.91 Å². The number of nitrogens with one attached hydrogen (secondary N) is 1. The minimum atomic E-state index is -0.123. The largest absolute Gasteiger partial charge is 0.436 e. The molecule has 1 N–H and O–H groups in total. The molecule has 4 nitrogen and oxygen atoms in total. The molecule has 29 heavy (non-hydrogen) atoms. The van der Waals surface area contributed by atoms with Crippen LogP contribution in [0, 0.1) is 3.57 Å². The van der Waals surface area contributed by atoms with Gasteiger partial charge in [-0.2, -0.15) is 0 Å². The van der Waals surface area contributed by atoms with Crippen LogP contribution in [0.1, 0.15) is 42.1 Å². The number of fused-ring (bicyclic) bond motifs is 1. The lowest BCUT2D eigenvalue weighted by molar-refractivity contribution is 0.102. The Balaban J connectivity index is 1.54. The molecule has 4 aromatic rings. The van der Waals surface area contributed by atoms with E-state index in [1.54, 1.807) is 0 Å². The van der Waals surface area contributed by atoms with Crippen LogP contribution in [0.15, 0.2) is 71.1 Å². The Kier molecular flexibility index (Phi) is 5.67. The highest BCUT2D eigenvalue weighted by atomic mass is 127. The Morgan fingerprint density at radius 3 is 2.59 bits per heavy atom. The molecule has 0 aliphatic carbocycles. The molecule has 1 unspecified atom stereocenters. The SMILES string of the molecule is CCC(C)c1ccc2oc(-c3ccc(NC(=O)c4ccccc4I)cc3)nc2c1. The topological polar surface area (TPSA) is 55.1 Å². The smallest absolute Gasteiger partial charge is 0.256 e. The van der Waals surface area contributed by atoms with E-state index in [2.05, 4.69) is 58.9 Å². The molecule has 1 aromatic heterocycles. The number of nitrogens with zero attached hydrogens (tertiary/aromatic N) is 1. The van der Waals surface area contributed by atoms with Crippen LogP contribution < -0.4 is 5.32 Å². The zero-order chi connectivity index (χ0) is 20.4. The molecule has 0 spiro atoms. The first kappa shape index (κ1) is 19.6. The molecule has 0 radical (unpaired) electrons. The van der Waals surface area contributed by atoms with E-state index in [0.29, 0.717) is 17.4 Å². The summed E-state index contributed by atoms with van der Waals surface area (Å²) in [5.74, 6) is 0.953. The summed E-state index contributed by atoms with van der Waals surface area (Å²) in [6, 6.07) is 21.3. The number of oxazole rings is 1. The number of carbonyl (C=O) groups is 1. The first-order chi connectivity index (χ1) is 14.0. The summed E-state index contributed by atoms with van der Waals surface area (Å²) in [5.41, 5.74) is 5.19. The van der Waals surface area contributed by atoms with Crippen molar-refractivity contribution < 1.29 is 9.21 Å². The van der Waals surface area contributed by atoms with Gasteiger partial charge >= 0.3 is 0 Å². The number of carbonyl (C=O) groups excluding carboxylic acids is 1. The fraction of sp³-hybridized carbons (Fsp3) is 0.167. The highest BCUT2D eigenvalue weighted by Gasteiger charge is 2.12. The van der Waals surface area contributed by atoms with Gasteiger partial charge in [-0.15, -0.1) is 0 Å². The summed E-state index contributed by atoms with van der Waals surface area (Å²) in [4.78, 5) is 17.1. The Hall–Kier alpha value is -2.67. The monoisotopic (exact) mass is 496 g/mol. The highest BCUT2D eigenvalue weighted by molar-refractivity contribution is 14.1. The first-order valence-electron chi connectivity index (χ1n) is 9.62. The van der Waals surface area contributed by atoms with Gasteiger partial charge in [0.2, 0.25) is 5.89 Å². The lowest BCUT2D eigenvalue weighted by atomic mass is 9.98. The van der Waals surface area contributed by atoms with E-state index in [1.165, 1.54) is 5.56 Å². The van der Waals surface area contributed by atoms with Gasteiger partial charge in [0.1, 0.15) is 5.52 Å². The summed E-state index contributed by atoms with van der Waals surface area (Å²) in [6.07, 6.45) is 1.09. The lowest BCUT2D eigenvalue weighted by Crippen LogP contribution is -2.13. The molecule has 0 saturated heterocycles. The van der Waals surface area contributed by atoms with Crippen molar-refractivity contribution in [1.29, 1.82) is 0 Å².